The minimum Gasteiger partial charge on any atom is -0.486 e. The Balaban J connectivity index is 1.75. The second-order valence-corrected chi connectivity index (χ2v) is 8.73. The summed E-state index contributed by atoms with van der Waals surface area (Å²) in [5.41, 5.74) is 2.36. The van der Waals surface area contributed by atoms with Crippen molar-refractivity contribution in [3.63, 3.8) is 0 Å². The fraction of sp³-hybridized carbons (Fsp3) is 0.308. The maximum atomic E-state index is 12.2. The molecule has 1 amide bonds. The van der Waals surface area contributed by atoms with Crippen molar-refractivity contribution in [3.05, 3.63) is 76.5 Å². The molecule has 0 aliphatic carbocycles. The number of carbonyl (C=O) groups is 2. The number of nitrogens with one attached hydrogen (secondary N) is 1. The number of benzene rings is 2. The predicted octanol–water partition coefficient (Wildman–Crippen LogP) is 6.28. The van der Waals surface area contributed by atoms with E-state index in [2.05, 4.69) is 19.2 Å². The lowest BCUT2D eigenvalue weighted by atomic mass is 9.99. The molecule has 0 bridgehead atoms. The quantitative estimate of drug-likeness (QED) is 0.364. The van der Waals surface area contributed by atoms with Crippen molar-refractivity contribution in [1.82, 2.24) is 5.32 Å². The van der Waals surface area contributed by atoms with E-state index < -0.39 is 5.97 Å². The first kappa shape index (κ1) is 24.4. The summed E-state index contributed by atoms with van der Waals surface area (Å²) in [5, 5.41) is 11.9. The lowest BCUT2D eigenvalue weighted by molar-refractivity contribution is -0.136. The van der Waals surface area contributed by atoms with Gasteiger partial charge >= 0.3 is 5.97 Å². The first-order valence-electron chi connectivity index (χ1n) is 10.9. The molecule has 6 nitrogen and oxygen atoms in total. The Hall–Kier alpha value is -3.25. The molecule has 0 aliphatic heterocycles. The summed E-state index contributed by atoms with van der Waals surface area (Å²) >= 11 is 6.00. The molecule has 1 aromatic heterocycles. The number of carbonyl (C=O) groups excluding carboxylic acids is 1. The summed E-state index contributed by atoms with van der Waals surface area (Å²) in [6.07, 6.45) is 0.453. The van der Waals surface area contributed by atoms with Gasteiger partial charge in [-0.05, 0) is 73.9 Å². The highest BCUT2D eigenvalue weighted by Gasteiger charge is 2.22. The Kier molecular flexibility index (Phi) is 8.17. The first-order chi connectivity index (χ1) is 15.7. The minimum atomic E-state index is -0.955. The van der Waals surface area contributed by atoms with Gasteiger partial charge < -0.3 is 19.6 Å². The molecular weight excluding hydrogens is 442 g/mol. The van der Waals surface area contributed by atoms with Crippen LogP contribution in [-0.4, -0.2) is 23.5 Å². The smallest absolute Gasteiger partial charge is 0.305 e. The maximum Gasteiger partial charge on any atom is 0.305 e. The van der Waals surface area contributed by atoms with Crippen LogP contribution in [0, 0.1) is 12.8 Å². The standard InChI is InChI=1S/C26H28ClNO5/c1-16(2)14-24(22-15-23(32-17(22)3)18-4-8-20(27)9-5-18)33-21-10-6-19(7-11-21)26(31)28-13-12-25(29)30/h4-11,15-16,24H,12-14H2,1-3H3,(H,28,31)(H,29,30). The van der Waals surface area contributed by atoms with Gasteiger partial charge in [0.2, 0.25) is 0 Å². The molecule has 1 atom stereocenters. The van der Waals surface area contributed by atoms with E-state index in [-0.39, 0.29) is 25.0 Å². The number of furan rings is 1. The number of aliphatic carboxylic acids is 1. The fourth-order valence-corrected chi connectivity index (χ4v) is 3.60. The Morgan fingerprint density at radius 2 is 1.76 bits per heavy atom. The van der Waals surface area contributed by atoms with Crippen molar-refractivity contribution in [2.75, 3.05) is 6.54 Å². The summed E-state index contributed by atoms with van der Waals surface area (Å²) in [6, 6.07) is 16.3. The van der Waals surface area contributed by atoms with Gasteiger partial charge in [-0.2, -0.15) is 0 Å². The zero-order valence-electron chi connectivity index (χ0n) is 18.9. The minimum absolute atomic E-state index is 0.0819. The molecule has 0 fully saturated rings. The Bertz CT molecular complexity index is 1090. The predicted molar refractivity (Wildman–Crippen MR) is 128 cm³/mol. The first-order valence-corrected chi connectivity index (χ1v) is 11.2. The van der Waals surface area contributed by atoms with Gasteiger partial charge in [-0.15, -0.1) is 0 Å². The summed E-state index contributed by atoms with van der Waals surface area (Å²) in [6.45, 7) is 6.28. The molecule has 0 saturated heterocycles. The average Bonchev–Trinajstić information content (AvgIpc) is 3.15. The summed E-state index contributed by atoms with van der Waals surface area (Å²) < 4.78 is 12.3. The van der Waals surface area contributed by atoms with E-state index in [0.717, 1.165) is 29.1 Å². The van der Waals surface area contributed by atoms with Crippen LogP contribution in [0.25, 0.3) is 11.3 Å². The largest absolute Gasteiger partial charge is 0.486 e. The van der Waals surface area contributed by atoms with Crippen molar-refractivity contribution in [1.29, 1.82) is 0 Å². The van der Waals surface area contributed by atoms with E-state index in [9.17, 15) is 9.59 Å². The monoisotopic (exact) mass is 469 g/mol. The van der Waals surface area contributed by atoms with Crippen LogP contribution in [0.2, 0.25) is 5.02 Å². The Morgan fingerprint density at radius 1 is 1.09 bits per heavy atom. The van der Waals surface area contributed by atoms with Crippen LogP contribution in [0.15, 0.2) is 59.0 Å². The number of hydrogen-bond acceptors (Lipinski definition) is 4. The van der Waals surface area contributed by atoms with E-state index in [4.69, 9.17) is 25.9 Å². The molecule has 0 aliphatic rings. The molecule has 2 N–H and O–H groups in total. The van der Waals surface area contributed by atoms with Crippen LogP contribution in [0.3, 0.4) is 0 Å². The molecule has 0 saturated carbocycles. The molecule has 0 spiro atoms. The van der Waals surface area contributed by atoms with Crippen molar-refractivity contribution in [2.24, 2.45) is 5.92 Å². The highest BCUT2D eigenvalue weighted by Crippen LogP contribution is 2.35. The van der Waals surface area contributed by atoms with Gasteiger partial charge in [-0.1, -0.05) is 25.4 Å². The van der Waals surface area contributed by atoms with Gasteiger partial charge in [0.25, 0.3) is 5.91 Å². The van der Waals surface area contributed by atoms with Gasteiger partial charge in [0.05, 0.1) is 6.42 Å². The van der Waals surface area contributed by atoms with Crippen LogP contribution >= 0.6 is 11.6 Å². The molecule has 33 heavy (non-hydrogen) atoms. The highest BCUT2D eigenvalue weighted by atomic mass is 35.5. The number of aryl methyl sites for hydroxylation is 1. The van der Waals surface area contributed by atoms with Crippen molar-refractivity contribution >= 4 is 23.5 Å². The van der Waals surface area contributed by atoms with Crippen LogP contribution in [0.5, 0.6) is 5.75 Å². The van der Waals surface area contributed by atoms with Crippen molar-refractivity contribution in [2.45, 2.75) is 39.7 Å². The molecule has 1 unspecified atom stereocenters. The lowest BCUT2D eigenvalue weighted by Crippen LogP contribution is -2.25. The molecule has 2 aromatic carbocycles. The van der Waals surface area contributed by atoms with Crippen molar-refractivity contribution in [3.8, 4) is 17.1 Å². The summed E-state index contributed by atoms with van der Waals surface area (Å²) in [7, 11) is 0. The number of carboxylic acid groups (broad SMARTS) is 1. The third-order valence-corrected chi connectivity index (χ3v) is 5.39. The average molecular weight is 470 g/mol. The van der Waals surface area contributed by atoms with E-state index >= 15 is 0 Å². The maximum absolute atomic E-state index is 12.2. The number of amides is 1. The van der Waals surface area contributed by atoms with E-state index in [1.165, 1.54) is 0 Å². The summed E-state index contributed by atoms with van der Waals surface area (Å²) in [4.78, 5) is 22.8. The molecule has 3 rings (SSSR count). The number of rotatable bonds is 10. The van der Waals surface area contributed by atoms with E-state index in [0.29, 0.717) is 22.3 Å². The van der Waals surface area contributed by atoms with Crippen LogP contribution in [-0.2, 0) is 4.79 Å². The normalized spacial score (nSPS) is 11.9. The van der Waals surface area contributed by atoms with Gasteiger partial charge in [0.15, 0.2) is 0 Å². The van der Waals surface area contributed by atoms with Crippen LogP contribution in [0.4, 0.5) is 0 Å². The fourth-order valence-electron chi connectivity index (χ4n) is 3.47. The van der Waals surface area contributed by atoms with E-state index in [1.807, 2.05) is 37.3 Å². The second-order valence-electron chi connectivity index (χ2n) is 8.29. The number of halogens is 1. The molecule has 7 heteroatoms. The number of ether oxygens (including phenoxy) is 1. The van der Waals surface area contributed by atoms with E-state index in [1.54, 1.807) is 24.3 Å². The third-order valence-electron chi connectivity index (χ3n) is 5.14. The van der Waals surface area contributed by atoms with Crippen LogP contribution < -0.4 is 10.1 Å². The molecule has 3 aromatic rings. The zero-order valence-corrected chi connectivity index (χ0v) is 19.7. The molecule has 0 radical (unpaired) electrons. The zero-order chi connectivity index (χ0) is 24.0. The second kappa shape index (κ2) is 11.1. The summed E-state index contributed by atoms with van der Waals surface area (Å²) in [5.74, 6) is 1.30. The lowest BCUT2D eigenvalue weighted by Gasteiger charge is -2.21. The SMILES string of the molecule is Cc1oc(-c2ccc(Cl)cc2)cc1C(CC(C)C)Oc1ccc(C(=O)NCCC(=O)O)cc1. The Labute approximate surface area is 198 Å². The van der Waals surface area contributed by atoms with Gasteiger partial charge in [-0.25, -0.2) is 0 Å². The third kappa shape index (κ3) is 6.86. The van der Waals surface area contributed by atoms with Crippen molar-refractivity contribution < 1.29 is 23.8 Å². The van der Waals surface area contributed by atoms with Gasteiger partial charge in [0, 0.05) is 28.3 Å². The highest BCUT2D eigenvalue weighted by molar-refractivity contribution is 6.30. The number of hydrogen-bond donors (Lipinski definition) is 2. The number of carboxylic acids is 1. The molecular formula is C26H28ClNO5. The molecule has 1 heterocycles. The van der Waals surface area contributed by atoms with Gasteiger partial charge in [-0.3, -0.25) is 9.59 Å². The molecule has 174 valence electrons. The Morgan fingerprint density at radius 3 is 2.36 bits per heavy atom. The van der Waals surface area contributed by atoms with Crippen LogP contribution in [0.1, 0.15) is 54.5 Å². The topological polar surface area (TPSA) is 88.8 Å². The van der Waals surface area contributed by atoms with Gasteiger partial charge in [0.1, 0.15) is 23.4 Å².